The number of phosphoric ester groups is 1. The quantitative estimate of drug-likeness (QED) is 0.0264. The summed E-state index contributed by atoms with van der Waals surface area (Å²) in [7, 11) is -4.41. The topological polar surface area (TPSA) is 134 Å². The molecule has 0 saturated carbocycles. The summed E-state index contributed by atoms with van der Waals surface area (Å²) >= 11 is 0. The van der Waals surface area contributed by atoms with Gasteiger partial charge in [0, 0.05) is 19.4 Å². The van der Waals surface area contributed by atoms with Crippen LogP contribution in [0.5, 0.6) is 0 Å². The number of ether oxygens (including phenoxy) is 2. The molecular formula is C81H128NO8P. The summed E-state index contributed by atoms with van der Waals surface area (Å²) in [5, 5.41) is 0. The smallest absolute Gasteiger partial charge is 0.462 e. The second-order valence-electron chi connectivity index (χ2n) is 22.6. The van der Waals surface area contributed by atoms with Gasteiger partial charge in [0.2, 0.25) is 0 Å². The Hall–Kier alpha value is -5.41. The molecule has 0 fully saturated rings. The molecule has 0 spiro atoms. The van der Waals surface area contributed by atoms with Crippen LogP contribution in [0.3, 0.4) is 0 Å². The number of hydrogen-bond donors (Lipinski definition) is 2. The van der Waals surface area contributed by atoms with Crippen LogP contribution in [0.15, 0.2) is 207 Å². The summed E-state index contributed by atoms with van der Waals surface area (Å²) in [6.07, 6.45) is 113. The molecule has 0 aliphatic rings. The van der Waals surface area contributed by atoms with Crippen molar-refractivity contribution in [2.75, 3.05) is 26.4 Å². The lowest BCUT2D eigenvalue weighted by molar-refractivity contribution is -0.161. The van der Waals surface area contributed by atoms with Crippen LogP contribution in [0.4, 0.5) is 0 Å². The first kappa shape index (κ1) is 85.6. The average molecular weight is 1270 g/mol. The minimum Gasteiger partial charge on any atom is -0.462 e. The summed E-state index contributed by atoms with van der Waals surface area (Å²) in [6.45, 7) is 3.48. The van der Waals surface area contributed by atoms with Crippen LogP contribution >= 0.6 is 7.82 Å². The second-order valence-corrected chi connectivity index (χ2v) is 24.1. The lowest BCUT2D eigenvalue weighted by Gasteiger charge is -2.19. The van der Waals surface area contributed by atoms with E-state index in [0.717, 1.165) is 167 Å². The Morgan fingerprint density at radius 3 is 0.846 bits per heavy atom. The van der Waals surface area contributed by atoms with E-state index in [1.54, 1.807) is 0 Å². The van der Waals surface area contributed by atoms with E-state index in [-0.39, 0.29) is 32.6 Å². The minimum absolute atomic E-state index is 0.0402. The Balaban J connectivity index is 4.01. The van der Waals surface area contributed by atoms with Crippen LogP contribution in [0.1, 0.15) is 258 Å². The molecule has 0 heterocycles. The lowest BCUT2D eigenvalue weighted by Crippen LogP contribution is -2.29. The molecule has 9 nitrogen and oxygen atoms in total. The van der Waals surface area contributed by atoms with Crippen LogP contribution in [-0.4, -0.2) is 49.3 Å². The normalized spacial score (nSPS) is 14.2. The third-order valence-electron chi connectivity index (χ3n) is 14.2. The highest BCUT2D eigenvalue weighted by Gasteiger charge is 2.26. The lowest BCUT2D eigenvalue weighted by atomic mass is 10.1. The molecule has 0 bridgehead atoms. The molecule has 91 heavy (non-hydrogen) atoms. The first-order valence-electron chi connectivity index (χ1n) is 35.6. The Morgan fingerprint density at radius 2 is 0.571 bits per heavy atom. The van der Waals surface area contributed by atoms with Crippen LogP contribution in [-0.2, 0) is 32.7 Å². The summed E-state index contributed by atoms with van der Waals surface area (Å²) in [5.41, 5.74) is 5.40. The molecule has 2 atom stereocenters. The van der Waals surface area contributed by atoms with Crippen molar-refractivity contribution < 1.29 is 37.6 Å². The van der Waals surface area contributed by atoms with E-state index in [1.165, 1.54) is 51.4 Å². The first-order valence-corrected chi connectivity index (χ1v) is 37.1. The van der Waals surface area contributed by atoms with E-state index in [0.29, 0.717) is 12.8 Å². The largest absolute Gasteiger partial charge is 0.472 e. The number of nitrogens with two attached hydrogens (primary N) is 1. The second kappa shape index (κ2) is 73.6. The number of phosphoric acid groups is 1. The van der Waals surface area contributed by atoms with Gasteiger partial charge in [0.25, 0.3) is 0 Å². The van der Waals surface area contributed by atoms with Gasteiger partial charge in [-0.05, 0) is 148 Å². The highest BCUT2D eigenvalue weighted by molar-refractivity contribution is 7.47. The van der Waals surface area contributed by atoms with Crippen molar-refractivity contribution in [2.45, 2.75) is 264 Å². The predicted molar refractivity (Wildman–Crippen MR) is 394 cm³/mol. The maximum Gasteiger partial charge on any atom is 0.472 e. The zero-order chi connectivity index (χ0) is 65.8. The van der Waals surface area contributed by atoms with Gasteiger partial charge in [0.05, 0.1) is 13.2 Å². The van der Waals surface area contributed by atoms with E-state index in [2.05, 4.69) is 220 Å². The van der Waals surface area contributed by atoms with Crippen molar-refractivity contribution in [3.8, 4) is 0 Å². The van der Waals surface area contributed by atoms with Crippen LogP contribution in [0.25, 0.3) is 0 Å². The Labute approximate surface area is 557 Å². The van der Waals surface area contributed by atoms with Gasteiger partial charge in [-0.3, -0.25) is 18.6 Å². The van der Waals surface area contributed by atoms with Crippen LogP contribution in [0.2, 0.25) is 0 Å². The van der Waals surface area contributed by atoms with Crippen molar-refractivity contribution in [2.24, 2.45) is 5.73 Å². The number of hydrogen-bond acceptors (Lipinski definition) is 8. The van der Waals surface area contributed by atoms with Crippen molar-refractivity contribution in [1.82, 2.24) is 0 Å². The fraction of sp³-hybridized carbons (Fsp3) is 0.556. The average Bonchev–Trinajstić information content (AvgIpc) is 3.74. The molecule has 0 radical (unpaired) electrons. The number of unbranched alkanes of at least 4 members (excludes halogenated alkanes) is 17. The van der Waals surface area contributed by atoms with Gasteiger partial charge in [-0.15, -0.1) is 0 Å². The van der Waals surface area contributed by atoms with E-state index in [1.807, 2.05) is 0 Å². The SMILES string of the molecule is CC/C=C\C/C=C\C/C=C\C/C=C\C/C=C\C/C=C\C/C=C\C/C=C\C/C=C\C/C=C\C/C=C\CCCCCCCCCC(=O)OC(COC(=O)CCCCCCCCCCCC/C=C\C/C=C\C/C=C\C/C=C\C/C=C\C/C=C\CC)COP(=O)(O)OCCN. The predicted octanol–water partition coefficient (Wildman–Crippen LogP) is 23.9. The number of carbonyl (C=O) groups excluding carboxylic acids is 2. The van der Waals surface area contributed by atoms with Gasteiger partial charge in [-0.1, -0.05) is 304 Å². The minimum atomic E-state index is -4.41. The number of allylic oxidation sites excluding steroid dienone is 34. The third-order valence-corrected chi connectivity index (χ3v) is 15.1. The molecule has 0 aliphatic heterocycles. The van der Waals surface area contributed by atoms with Crippen molar-refractivity contribution in [1.29, 1.82) is 0 Å². The molecule has 0 amide bonds. The molecule has 10 heteroatoms. The van der Waals surface area contributed by atoms with Crippen LogP contribution in [0, 0.1) is 0 Å². The molecule has 0 aromatic rings. The Kier molecular flexibility index (Phi) is 69.3. The highest BCUT2D eigenvalue weighted by Crippen LogP contribution is 2.43. The van der Waals surface area contributed by atoms with E-state index >= 15 is 0 Å². The highest BCUT2D eigenvalue weighted by atomic mass is 31.2. The van der Waals surface area contributed by atoms with Crippen molar-refractivity contribution >= 4 is 19.8 Å². The fourth-order valence-corrected chi connectivity index (χ4v) is 9.76. The molecule has 0 rings (SSSR count). The molecule has 510 valence electrons. The monoisotopic (exact) mass is 1270 g/mol. The number of carbonyl (C=O) groups is 2. The van der Waals surface area contributed by atoms with Gasteiger partial charge in [0.1, 0.15) is 6.61 Å². The first-order chi connectivity index (χ1) is 44.8. The zero-order valence-electron chi connectivity index (χ0n) is 57.2. The maximum absolute atomic E-state index is 12.8. The maximum atomic E-state index is 12.8. The van der Waals surface area contributed by atoms with Gasteiger partial charge >= 0.3 is 19.8 Å². The molecule has 0 aromatic heterocycles. The summed E-state index contributed by atoms with van der Waals surface area (Å²) < 4.78 is 33.2. The molecule has 0 aromatic carbocycles. The Bertz CT molecular complexity index is 2250. The van der Waals surface area contributed by atoms with E-state index in [4.69, 9.17) is 24.3 Å². The fourth-order valence-electron chi connectivity index (χ4n) is 9.00. The molecule has 3 N–H and O–H groups in total. The summed E-state index contributed by atoms with van der Waals surface area (Å²) in [4.78, 5) is 35.4. The number of rotatable bonds is 64. The van der Waals surface area contributed by atoms with Gasteiger partial charge in [0.15, 0.2) is 6.10 Å². The van der Waals surface area contributed by atoms with Gasteiger partial charge < -0.3 is 20.1 Å². The molecule has 2 unspecified atom stereocenters. The van der Waals surface area contributed by atoms with Gasteiger partial charge in [-0.25, -0.2) is 4.57 Å². The van der Waals surface area contributed by atoms with E-state index in [9.17, 15) is 19.0 Å². The summed E-state index contributed by atoms with van der Waals surface area (Å²) in [5.74, 6) is -0.858. The third kappa shape index (κ3) is 73.5. The number of esters is 2. The van der Waals surface area contributed by atoms with E-state index < -0.39 is 32.5 Å². The van der Waals surface area contributed by atoms with Crippen molar-refractivity contribution in [3.63, 3.8) is 0 Å². The van der Waals surface area contributed by atoms with Gasteiger partial charge in [-0.2, -0.15) is 0 Å². The standard InChI is InChI=1S/C81H128NO8P/c1-3-5-7-9-11-13-15-17-19-21-23-25-27-29-31-33-34-35-36-37-38-39-40-41-42-43-44-46-48-50-52-54-56-58-60-62-64-66-68-70-72-74-81(84)90-79(78-89-91(85,86)88-76-75-82)77-87-80(83)73-71-69-67-65-63-61-59-57-55-53-51-49-47-45-32-30-28-26-24-22-20-18-16-14-12-10-8-6-4-2/h5-8,11-14,17-20,23-26,29-32,34-35,37-38,40-41,43-44,47-50,54,56,79H,3-4,9-10,15-16,21-22,27-28,33,36,39,42,45-46,51-53,55,57-78,82H2,1-2H3,(H,85,86)/b7-5-,8-6-,13-11-,14-12-,19-17-,20-18-,25-23-,26-24-,31-29-,32-30-,35-34-,38-37-,41-40-,44-43-,49-47-,50-48-,56-54-. The van der Waals surface area contributed by atoms with Crippen LogP contribution < -0.4 is 5.73 Å². The summed E-state index contributed by atoms with van der Waals surface area (Å²) in [6, 6.07) is 0. The molecule has 0 saturated heterocycles. The molecular weight excluding hydrogens is 1150 g/mol. The molecule has 0 aliphatic carbocycles. The Morgan fingerprint density at radius 1 is 0.330 bits per heavy atom. The zero-order valence-corrected chi connectivity index (χ0v) is 58.1. The van der Waals surface area contributed by atoms with Crippen molar-refractivity contribution in [3.05, 3.63) is 207 Å².